The highest BCUT2D eigenvalue weighted by molar-refractivity contribution is 7.89. The SMILES string of the molecule is CC(C)c1ccc(S(=O)(=O)N2CCc3c(c(C(=O)N4CCOCC4)nn3C)C2)cc1. The monoisotopic (exact) mass is 432 g/mol. The summed E-state index contributed by atoms with van der Waals surface area (Å²) in [5.74, 6) is 0.180. The van der Waals surface area contributed by atoms with Crippen molar-refractivity contribution in [3.8, 4) is 0 Å². The van der Waals surface area contributed by atoms with Crippen LogP contribution in [0.4, 0.5) is 0 Å². The Morgan fingerprint density at radius 2 is 1.77 bits per heavy atom. The van der Waals surface area contributed by atoms with Gasteiger partial charge in [0.2, 0.25) is 10.0 Å². The number of morpholine rings is 1. The number of hydrogen-bond acceptors (Lipinski definition) is 5. The number of sulfonamides is 1. The molecule has 1 saturated heterocycles. The van der Waals surface area contributed by atoms with Crippen molar-refractivity contribution < 1.29 is 17.9 Å². The van der Waals surface area contributed by atoms with Gasteiger partial charge in [-0.2, -0.15) is 9.40 Å². The number of ether oxygens (including phenoxy) is 1. The van der Waals surface area contributed by atoms with E-state index in [2.05, 4.69) is 18.9 Å². The molecule has 0 unspecified atom stereocenters. The van der Waals surface area contributed by atoms with Gasteiger partial charge in [-0.3, -0.25) is 9.48 Å². The number of rotatable bonds is 4. The van der Waals surface area contributed by atoms with E-state index in [9.17, 15) is 13.2 Å². The van der Waals surface area contributed by atoms with Crippen LogP contribution < -0.4 is 0 Å². The van der Waals surface area contributed by atoms with Gasteiger partial charge in [-0.15, -0.1) is 0 Å². The molecule has 0 radical (unpaired) electrons. The van der Waals surface area contributed by atoms with Crippen LogP contribution in [-0.2, 0) is 34.8 Å². The summed E-state index contributed by atoms with van der Waals surface area (Å²) in [6.45, 7) is 6.73. The van der Waals surface area contributed by atoms with E-state index in [0.29, 0.717) is 56.4 Å². The first kappa shape index (κ1) is 21.0. The van der Waals surface area contributed by atoms with Crippen LogP contribution in [0.1, 0.15) is 47.1 Å². The lowest BCUT2D eigenvalue weighted by atomic mass is 10.0. The highest BCUT2D eigenvalue weighted by atomic mass is 32.2. The normalized spacial score (nSPS) is 17.9. The zero-order chi connectivity index (χ0) is 21.5. The first-order chi connectivity index (χ1) is 14.3. The Labute approximate surface area is 177 Å². The van der Waals surface area contributed by atoms with Crippen LogP contribution in [-0.4, -0.2) is 66.2 Å². The Morgan fingerprint density at radius 3 is 2.40 bits per heavy atom. The Bertz CT molecular complexity index is 1040. The van der Waals surface area contributed by atoms with E-state index < -0.39 is 10.0 Å². The second-order valence-corrected chi connectivity index (χ2v) is 10.1. The standard InChI is InChI=1S/C21H28N4O4S/c1-15(2)16-4-6-17(7-5-16)30(27,28)25-9-8-19-18(14-25)20(22-23(19)3)21(26)24-10-12-29-13-11-24/h4-7,15H,8-14H2,1-3H3. The van der Waals surface area contributed by atoms with Crippen LogP contribution in [0.2, 0.25) is 0 Å². The van der Waals surface area contributed by atoms with Crippen molar-refractivity contribution in [3.63, 3.8) is 0 Å². The fraction of sp³-hybridized carbons (Fsp3) is 0.524. The summed E-state index contributed by atoms with van der Waals surface area (Å²) in [7, 11) is -1.84. The molecule has 0 saturated carbocycles. The van der Waals surface area contributed by atoms with Gasteiger partial charge in [0.05, 0.1) is 18.1 Å². The van der Waals surface area contributed by atoms with Crippen LogP contribution >= 0.6 is 0 Å². The van der Waals surface area contributed by atoms with E-state index in [4.69, 9.17) is 4.74 Å². The number of hydrogen-bond donors (Lipinski definition) is 0. The molecule has 0 N–H and O–H groups in total. The third-order valence-corrected chi connectivity index (χ3v) is 7.75. The maximum atomic E-state index is 13.3. The molecular formula is C21H28N4O4S. The molecule has 30 heavy (non-hydrogen) atoms. The number of fused-ring (bicyclic) bond motifs is 1. The number of carbonyl (C=O) groups is 1. The minimum absolute atomic E-state index is 0.156. The van der Waals surface area contributed by atoms with E-state index in [1.54, 1.807) is 21.7 Å². The maximum Gasteiger partial charge on any atom is 0.274 e. The smallest absolute Gasteiger partial charge is 0.274 e. The predicted molar refractivity (Wildman–Crippen MR) is 112 cm³/mol. The van der Waals surface area contributed by atoms with Crippen molar-refractivity contribution in [2.24, 2.45) is 7.05 Å². The van der Waals surface area contributed by atoms with Gasteiger partial charge < -0.3 is 9.64 Å². The van der Waals surface area contributed by atoms with Gasteiger partial charge in [0, 0.05) is 50.9 Å². The minimum atomic E-state index is -3.65. The van der Waals surface area contributed by atoms with Crippen molar-refractivity contribution in [1.29, 1.82) is 0 Å². The molecule has 1 fully saturated rings. The molecular weight excluding hydrogens is 404 g/mol. The van der Waals surface area contributed by atoms with Gasteiger partial charge in [0.1, 0.15) is 0 Å². The number of carbonyl (C=O) groups excluding carboxylic acids is 1. The molecule has 8 nitrogen and oxygen atoms in total. The lowest BCUT2D eigenvalue weighted by molar-refractivity contribution is 0.0297. The van der Waals surface area contributed by atoms with Crippen LogP contribution in [0.15, 0.2) is 29.2 Å². The quantitative estimate of drug-likeness (QED) is 0.735. The fourth-order valence-corrected chi connectivity index (χ4v) is 5.44. The van der Waals surface area contributed by atoms with E-state index >= 15 is 0 Å². The highest BCUT2D eigenvalue weighted by Gasteiger charge is 2.34. The number of benzene rings is 1. The fourth-order valence-electron chi connectivity index (χ4n) is 4.03. The molecule has 0 atom stereocenters. The average Bonchev–Trinajstić information content (AvgIpc) is 3.10. The first-order valence-corrected chi connectivity index (χ1v) is 11.7. The molecule has 1 amide bonds. The summed E-state index contributed by atoms with van der Waals surface area (Å²) in [6.07, 6.45) is 0.526. The molecule has 4 rings (SSSR count). The van der Waals surface area contributed by atoms with Crippen LogP contribution in [0, 0.1) is 0 Å². The summed E-state index contributed by atoms with van der Waals surface area (Å²) in [5.41, 5.74) is 3.08. The van der Waals surface area contributed by atoms with E-state index in [1.165, 1.54) is 4.31 Å². The van der Waals surface area contributed by atoms with Gasteiger partial charge in [0.15, 0.2) is 5.69 Å². The van der Waals surface area contributed by atoms with Crippen molar-refractivity contribution in [2.45, 2.75) is 37.6 Å². The summed E-state index contributed by atoms with van der Waals surface area (Å²) in [6, 6.07) is 7.07. The third-order valence-electron chi connectivity index (χ3n) is 5.89. The Hall–Kier alpha value is -2.23. The maximum absolute atomic E-state index is 13.3. The number of aryl methyl sites for hydroxylation is 1. The summed E-state index contributed by atoms with van der Waals surface area (Å²) < 4.78 is 35.0. The molecule has 2 aliphatic heterocycles. The second-order valence-electron chi connectivity index (χ2n) is 8.11. The summed E-state index contributed by atoms with van der Waals surface area (Å²) in [5, 5.41) is 4.45. The number of aromatic nitrogens is 2. The first-order valence-electron chi connectivity index (χ1n) is 10.3. The minimum Gasteiger partial charge on any atom is -0.378 e. The lowest BCUT2D eigenvalue weighted by Crippen LogP contribution is -2.42. The Morgan fingerprint density at radius 1 is 1.10 bits per heavy atom. The topological polar surface area (TPSA) is 84.7 Å². The summed E-state index contributed by atoms with van der Waals surface area (Å²) in [4.78, 5) is 15.0. The van der Waals surface area contributed by atoms with Crippen LogP contribution in [0.5, 0.6) is 0 Å². The predicted octanol–water partition coefficient (Wildman–Crippen LogP) is 1.76. The second kappa shape index (κ2) is 8.13. The molecule has 2 aliphatic rings. The lowest BCUT2D eigenvalue weighted by Gasteiger charge is -2.29. The zero-order valence-electron chi connectivity index (χ0n) is 17.7. The zero-order valence-corrected chi connectivity index (χ0v) is 18.5. The molecule has 1 aromatic carbocycles. The third kappa shape index (κ3) is 3.77. The van der Waals surface area contributed by atoms with Crippen molar-refractivity contribution >= 4 is 15.9 Å². The molecule has 0 bridgehead atoms. The van der Waals surface area contributed by atoms with E-state index in [-0.39, 0.29) is 17.3 Å². The molecule has 9 heteroatoms. The average molecular weight is 433 g/mol. The van der Waals surface area contributed by atoms with Gasteiger partial charge in [-0.1, -0.05) is 26.0 Å². The summed E-state index contributed by atoms with van der Waals surface area (Å²) >= 11 is 0. The van der Waals surface area contributed by atoms with Gasteiger partial charge in [0.25, 0.3) is 5.91 Å². The number of nitrogens with zero attached hydrogens (tertiary/aromatic N) is 4. The molecule has 2 aromatic rings. The Balaban J connectivity index is 1.61. The largest absolute Gasteiger partial charge is 0.378 e. The Kier molecular flexibility index (Phi) is 5.69. The van der Waals surface area contributed by atoms with Crippen molar-refractivity contribution in [1.82, 2.24) is 19.0 Å². The molecule has 0 aliphatic carbocycles. The van der Waals surface area contributed by atoms with Gasteiger partial charge >= 0.3 is 0 Å². The van der Waals surface area contributed by atoms with Crippen molar-refractivity contribution in [2.75, 3.05) is 32.8 Å². The van der Waals surface area contributed by atoms with Crippen LogP contribution in [0.3, 0.4) is 0 Å². The number of amides is 1. The highest BCUT2D eigenvalue weighted by Crippen LogP contribution is 2.28. The van der Waals surface area contributed by atoms with Gasteiger partial charge in [-0.25, -0.2) is 8.42 Å². The molecule has 1 aromatic heterocycles. The van der Waals surface area contributed by atoms with Crippen LogP contribution in [0.25, 0.3) is 0 Å². The van der Waals surface area contributed by atoms with Crippen molar-refractivity contribution in [3.05, 3.63) is 46.8 Å². The molecule has 162 valence electrons. The van der Waals surface area contributed by atoms with E-state index in [1.807, 2.05) is 19.2 Å². The van der Waals surface area contributed by atoms with E-state index in [0.717, 1.165) is 11.3 Å². The molecule has 3 heterocycles. The molecule has 0 spiro atoms. The van der Waals surface area contributed by atoms with Gasteiger partial charge in [-0.05, 0) is 23.6 Å².